The van der Waals surface area contributed by atoms with Crippen molar-refractivity contribution in [2.24, 2.45) is 4.99 Å². The molecule has 78 valence electrons. The molecule has 0 aromatic carbocycles. The first-order valence-electron chi connectivity index (χ1n) is 4.64. The Kier molecular flexibility index (Phi) is 2.57. The fourth-order valence-electron chi connectivity index (χ4n) is 1.47. The van der Waals surface area contributed by atoms with Crippen molar-refractivity contribution in [3.63, 3.8) is 0 Å². The van der Waals surface area contributed by atoms with Gasteiger partial charge in [-0.15, -0.1) is 0 Å². The Morgan fingerprint density at radius 3 is 2.60 bits per heavy atom. The number of hydrogen-bond acceptors (Lipinski definition) is 2. The first kappa shape index (κ1) is 10.3. The average molecular weight is 225 g/mol. The predicted molar refractivity (Wildman–Crippen MR) is 58.6 cm³/mol. The summed E-state index contributed by atoms with van der Waals surface area (Å²) in [5, 5.41) is 0.463. The quantitative estimate of drug-likeness (QED) is 0.531. The third-order valence-corrected chi connectivity index (χ3v) is 2.72. The molecule has 0 N–H and O–H groups in total. The highest BCUT2D eigenvalue weighted by Gasteiger charge is 2.18. The fourth-order valence-corrected chi connectivity index (χ4v) is 1.64. The number of aryl methyl sites for hydroxylation is 1. The van der Waals surface area contributed by atoms with Crippen LogP contribution in [0.15, 0.2) is 27.9 Å². The molecule has 2 heterocycles. The Hall–Kier alpha value is -1.22. The number of aliphatic imine (C=N–C) groups is 1. The van der Waals surface area contributed by atoms with Gasteiger partial charge in [0.15, 0.2) is 0 Å². The molecule has 1 aliphatic heterocycles. The molecule has 0 saturated heterocycles. The van der Waals surface area contributed by atoms with Crippen molar-refractivity contribution >= 4 is 17.3 Å². The van der Waals surface area contributed by atoms with Gasteiger partial charge >= 0.3 is 0 Å². The lowest BCUT2D eigenvalue weighted by Crippen LogP contribution is -2.04. The summed E-state index contributed by atoms with van der Waals surface area (Å²) in [7, 11) is 0. The van der Waals surface area contributed by atoms with Crippen molar-refractivity contribution in [1.82, 2.24) is 4.98 Å². The largest absolute Gasteiger partial charge is 0.240 e. The van der Waals surface area contributed by atoms with Gasteiger partial charge in [0.05, 0.1) is 11.3 Å². The van der Waals surface area contributed by atoms with E-state index in [2.05, 4.69) is 9.98 Å². The molecule has 0 aliphatic carbocycles. The smallest absolute Gasteiger partial charge is 0.222 e. The molecule has 2 rings (SSSR count). The Labute approximate surface area is 92.5 Å². The van der Waals surface area contributed by atoms with E-state index >= 15 is 0 Å². The zero-order chi connectivity index (χ0) is 11.0. The van der Waals surface area contributed by atoms with Crippen LogP contribution in [0.3, 0.4) is 0 Å². The number of rotatable bonds is 1. The van der Waals surface area contributed by atoms with Crippen molar-refractivity contribution in [3.05, 3.63) is 40.1 Å². The van der Waals surface area contributed by atoms with E-state index in [0.29, 0.717) is 28.5 Å². The van der Waals surface area contributed by atoms with Crippen molar-refractivity contribution in [1.29, 1.82) is 0 Å². The van der Waals surface area contributed by atoms with E-state index in [1.165, 1.54) is 0 Å². The maximum atomic E-state index is 13.5. The molecular formula is C11H10ClFN2. The second-order valence-corrected chi connectivity index (χ2v) is 3.96. The lowest BCUT2D eigenvalue weighted by Gasteiger charge is -2.02. The molecule has 0 spiro atoms. The zero-order valence-electron chi connectivity index (χ0n) is 8.51. The van der Waals surface area contributed by atoms with Crippen LogP contribution in [0.2, 0.25) is 0 Å². The Balaban J connectivity index is 2.38. The lowest BCUT2D eigenvalue weighted by atomic mass is 10.1. The molecule has 1 aromatic heterocycles. The van der Waals surface area contributed by atoms with Gasteiger partial charge in [-0.2, -0.15) is 4.39 Å². The van der Waals surface area contributed by atoms with E-state index in [4.69, 9.17) is 11.6 Å². The highest BCUT2D eigenvalue weighted by molar-refractivity contribution is 6.32. The molecule has 0 fully saturated rings. The summed E-state index contributed by atoms with van der Waals surface area (Å²) < 4.78 is 13.5. The highest BCUT2D eigenvalue weighted by Crippen LogP contribution is 2.26. The molecule has 1 aliphatic rings. The molecule has 0 bridgehead atoms. The molecule has 0 atom stereocenters. The van der Waals surface area contributed by atoms with E-state index < -0.39 is 5.95 Å². The summed E-state index contributed by atoms with van der Waals surface area (Å²) >= 11 is 5.84. The second kappa shape index (κ2) is 3.74. The van der Waals surface area contributed by atoms with Gasteiger partial charge in [-0.05, 0) is 31.6 Å². The first-order valence-corrected chi connectivity index (χ1v) is 5.02. The number of hydrogen-bond donors (Lipinski definition) is 0. The van der Waals surface area contributed by atoms with Crippen LogP contribution in [-0.4, -0.2) is 10.7 Å². The summed E-state index contributed by atoms with van der Waals surface area (Å²) in [6, 6.07) is 3.46. The van der Waals surface area contributed by atoms with Crippen molar-refractivity contribution < 1.29 is 4.39 Å². The Bertz CT molecular complexity index is 477. The van der Waals surface area contributed by atoms with E-state index in [1.54, 1.807) is 19.1 Å². The van der Waals surface area contributed by atoms with Gasteiger partial charge in [0, 0.05) is 12.1 Å². The topological polar surface area (TPSA) is 25.2 Å². The number of allylic oxidation sites excluding steroid dienone is 1. The minimum atomic E-state index is -0.479. The lowest BCUT2D eigenvalue weighted by molar-refractivity contribution is 0.577. The number of nitrogens with zero attached hydrogens (tertiary/aromatic N) is 2. The second-order valence-electron chi connectivity index (χ2n) is 3.60. The zero-order valence-corrected chi connectivity index (χ0v) is 9.27. The van der Waals surface area contributed by atoms with Crippen LogP contribution in [0.1, 0.15) is 24.6 Å². The van der Waals surface area contributed by atoms with Crippen LogP contribution in [0, 0.1) is 12.9 Å². The van der Waals surface area contributed by atoms with E-state index in [-0.39, 0.29) is 0 Å². The SMILES string of the molecule is CC1=C(Cl)N=C(c2ccc(C)nc2F)C1. The summed E-state index contributed by atoms with van der Waals surface area (Å²) in [6.07, 6.45) is 0.598. The molecule has 0 saturated carbocycles. The Morgan fingerprint density at radius 1 is 1.33 bits per heavy atom. The average Bonchev–Trinajstić information content (AvgIpc) is 2.46. The maximum absolute atomic E-state index is 13.5. The van der Waals surface area contributed by atoms with Crippen molar-refractivity contribution in [3.8, 4) is 0 Å². The molecule has 1 aromatic rings. The molecule has 2 nitrogen and oxygen atoms in total. The monoisotopic (exact) mass is 224 g/mol. The van der Waals surface area contributed by atoms with Gasteiger partial charge < -0.3 is 0 Å². The van der Waals surface area contributed by atoms with Crippen LogP contribution in [0.25, 0.3) is 0 Å². The van der Waals surface area contributed by atoms with Crippen LogP contribution in [0.4, 0.5) is 4.39 Å². The fraction of sp³-hybridized carbons (Fsp3) is 0.273. The third kappa shape index (κ3) is 1.92. The number of aromatic nitrogens is 1. The Morgan fingerprint density at radius 2 is 2.07 bits per heavy atom. The number of halogens is 2. The standard InChI is InChI=1S/C11H10ClFN2/c1-6-5-9(15-10(6)12)8-4-3-7(2)14-11(8)13/h3-4H,5H2,1-2H3. The molecule has 0 amide bonds. The number of pyridine rings is 1. The molecular weight excluding hydrogens is 215 g/mol. The maximum Gasteiger partial charge on any atom is 0.222 e. The summed E-state index contributed by atoms with van der Waals surface area (Å²) in [6.45, 7) is 3.64. The van der Waals surface area contributed by atoms with Gasteiger partial charge in [0.2, 0.25) is 5.95 Å². The summed E-state index contributed by atoms with van der Waals surface area (Å²) in [5.41, 5.74) is 2.72. The van der Waals surface area contributed by atoms with E-state index in [1.807, 2.05) is 6.92 Å². The molecule has 15 heavy (non-hydrogen) atoms. The summed E-state index contributed by atoms with van der Waals surface area (Å²) in [4.78, 5) is 7.87. The molecule has 4 heteroatoms. The van der Waals surface area contributed by atoms with Crippen molar-refractivity contribution in [2.45, 2.75) is 20.3 Å². The predicted octanol–water partition coefficient (Wildman–Crippen LogP) is 3.19. The van der Waals surface area contributed by atoms with Crippen LogP contribution in [0.5, 0.6) is 0 Å². The highest BCUT2D eigenvalue weighted by atomic mass is 35.5. The van der Waals surface area contributed by atoms with Crippen LogP contribution >= 0.6 is 11.6 Å². The van der Waals surface area contributed by atoms with Crippen LogP contribution < -0.4 is 0 Å². The minimum Gasteiger partial charge on any atom is -0.240 e. The molecule has 0 radical (unpaired) electrons. The van der Waals surface area contributed by atoms with Crippen LogP contribution in [-0.2, 0) is 0 Å². The third-order valence-electron chi connectivity index (χ3n) is 2.32. The summed E-state index contributed by atoms with van der Waals surface area (Å²) in [5.74, 6) is -0.479. The van der Waals surface area contributed by atoms with Crippen molar-refractivity contribution in [2.75, 3.05) is 0 Å². The van der Waals surface area contributed by atoms with E-state index in [9.17, 15) is 4.39 Å². The van der Waals surface area contributed by atoms with Gasteiger partial charge in [-0.25, -0.2) is 9.98 Å². The normalized spacial score (nSPS) is 15.9. The van der Waals surface area contributed by atoms with Gasteiger partial charge in [0.25, 0.3) is 0 Å². The first-order chi connectivity index (χ1) is 7.08. The van der Waals surface area contributed by atoms with Gasteiger partial charge in [-0.1, -0.05) is 11.6 Å². The minimum absolute atomic E-state index is 0.440. The molecule has 0 unspecified atom stereocenters. The van der Waals surface area contributed by atoms with E-state index in [0.717, 1.165) is 5.57 Å². The van der Waals surface area contributed by atoms with Gasteiger partial charge in [0.1, 0.15) is 5.16 Å². The van der Waals surface area contributed by atoms with Gasteiger partial charge in [-0.3, -0.25) is 0 Å².